The van der Waals surface area contributed by atoms with Crippen LogP contribution in [0.1, 0.15) is 38.3 Å². The zero-order valence-electron chi connectivity index (χ0n) is 25.6. The van der Waals surface area contributed by atoms with Crippen molar-refractivity contribution in [3.8, 4) is 5.75 Å². The van der Waals surface area contributed by atoms with E-state index in [2.05, 4.69) is 15.5 Å². The molecule has 1 aliphatic heterocycles. The summed E-state index contributed by atoms with van der Waals surface area (Å²) in [5.74, 6) is -0.889. The number of nitrogens with one attached hydrogen (secondary N) is 2. The average molecular weight is 652 g/mol. The molecule has 0 saturated carbocycles. The Hall–Kier alpha value is -4.46. The number of carbonyl (C=O) groups is 2. The molecule has 248 valence electrons. The first-order chi connectivity index (χ1) is 21.7. The van der Waals surface area contributed by atoms with Crippen LogP contribution >= 0.6 is 0 Å². The number of halogens is 6. The Labute approximate surface area is 262 Å². The lowest BCUT2D eigenvalue weighted by Crippen LogP contribution is -2.47. The quantitative estimate of drug-likeness (QED) is 0.207. The van der Waals surface area contributed by atoms with Gasteiger partial charge in [0.1, 0.15) is 5.75 Å². The van der Waals surface area contributed by atoms with Gasteiger partial charge in [-0.25, -0.2) is 0 Å². The molecule has 0 unspecified atom stereocenters. The van der Waals surface area contributed by atoms with Gasteiger partial charge in [-0.15, -0.1) is 0 Å². The molecule has 0 atom stereocenters. The number of hydrogen-bond donors (Lipinski definition) is 2. The number of nitrogens with zero attached hydrogens (tertiary/aromatic N) is 3. The van der Waals surface area contributed by atoms with Crippen molar-refractivity contribution in [2.45, 2.75) is 18.8 Å². The molecule has 14 heteroatoms. The van der Waals surface area contributed by atoms with Gasteiger partial charge in [0, 0.05) is 49.7 Å². The summed E-state index contributed by atoms with van der Waals surface area (Å²) in [6.07, 6.45) is -9.55. The molecule has 3 aromatic carbocycles. The smallest absolute Gasteiger partial charge is 0.416 e. The molecule has 0 aromatic heterocycles. The van der Waals surface area contributed by atoms with Crippen LogP contribution < -0.4 is 25.2 Å². The van der Waals surface area contributed by atoms with Gasteiger partial charge in [-0.05, 0) is 75.6 Å². The highest BCUT2D eigenvalue weighted by Gasteiger charge is 2.37. The first-order valence-corrected chi connectivity index (χ1v) is 14.5. The fourth-order valence-electron chi connectivity index (χ4n) is 5.13. The monoisotopic (exact) mass is 651 g/mol. The molecular weight excluding hydrogens is 616 g/mol. The zero-order chi connectivity index (χ0) is 33.6. The van der Waals surface area contributed by atoms with E-state index < -0.39 is 40.9 Å². The molecule has 1 aliphatic rings. The topological polar surface area (TPSA) is 77.1 Å². The van der Waals surface area contributed by atoms with Gasteiger partial charge in [-0.2, -0.15) is 26.3 Å². The summed E-state index contributed by atoms with van der Waals surface area (Å²) in [5.41, 5.74) is -2.29. The van der Waals surface area contributed by atoms with Crippen molar-refractivity contribution in [1.82, 2.24) is 10.2 Å². The molecule has 1 saturated heterocycles. The van der Waals surface area contributed by atoms with Crippen LogP contribution in [0.15, 0.2) is 60.7 Å². The van der Waals surface area contributed by atoms with E-state index in [9.17, 15) is 35.9 Å². The second-order valence-corrected chi connectivity index (χ2v) is 11.0. The zero-order valence-corrected chi connectivity index (χ0v) is 25.6. The molecule has 1 heterocycles. The number of alkyl halides is 6. The number of ether oxygens (including phenoxy) is 1. The summed E-state index contributed by atoms with van der Waals surface area (Å²) in [5, 5.41) is 5.23. The van der Waals surface area contributed by atoms with Crippen LogP contribution in [0.2, 0.25) is 0 Å². The van der Waals surface area contributed by atoms with E-state index in [0.29, 0.717) is 57.0 Å². The minimum atomic E-state index is -5.11. The Morgan fingerprint density at radius 2 is 1.39 bits per heavy atom. The summed E-state index contributed by atoms with van der Waals surface area (Å²) in [7, 11) is 5.40. The van der Waals surface area contributed by atoms with Gasteiger partial charge < -0.3 is 30.1 Å². The molecule has 4 rings (SSSR count). The van der Waals surface area contributed by atoms with Crippen LogP contribution in [0.4, 0.5) is 43.4 Å². The Bertz CT molecular complexity index is 1500. The van der Waals surface area contributed by atoms with Crippen molar-refractivity contribution >= 4 is 28.9 Å². The average Bonchev–Trinajstić information content (AvgIpc) is 3.02. The molecule has 3 aromatic rings. The highest BCUT2D eigenvalue weighted by molar-refractivity contribution is 6.06. The second kappa shape index (κ2) is 14.3. The number of piperazine rings is 1. The molecule has 0 bridgehead atoms. The standard InChI is InChI=1S/C32H35F6N5O3/c1-41(2)12-6-11-39-30(45)25-20-24(40-29(44)21-17-22(31(33,34)35)19-23(18-21)32(36,37)38)9-10-26(25)42-13-15-43(16-14-42)27-7-4-5-8-28(27)46-3/h4-5,7-10,17-20H,6,11-16H2,1-3H3,(H,39,45)(H,40,44). The van der Waals surface area contributed by atoms with Crippen molar-refractivity contribution in [3.05, 3.63) is 82.9 Å². The minimum absolute atomic E-state index is 0.0332. The van der Waals surface area contributed by atoms with E-state index in [-0.39, 0.29) is 17.3 Å². The number of methoxy groups -OCH3 is 1. The summed E-state index contributed by atoms with van der Waals surface area (Å²) in [4.78, 5) is 32.5. The van der Waals surface area contributed by atoms with Crippen molar-refractivity contribution in [3.63, 3.8) is 0 Å². The Morgan fingerprint density at radius 3 is 1.96 bits per heavy atom. The van der Waals surface area contributed by atoms with Gasteiger partial charge in [-0.1, -0.05) is 12.1 Å². The summed E-state index contributed by atoms with van der Waals surface area (Å²) >= 11 is 0. The van der Waals surface area contributed by atoms with E-state index in [1.807, 2.05) is 48.2 Å². The van der Waals surface area contributed by atoms with Crippen LogP contribution in [-0.2, 0) is 12.4 Å². The minimum Gasteiger partial charge on any atom is -0.495 e. The summed E-state index contributed by atoms with van der Waals surface area (Å²) in [6.45, 7) is 3.38. The van der Waals surface area contributed by atoms with Crippen LogP contribution in [0, 0.1) is 0 Å². The Kier molecular flexibility index (Phi) is 10.7. The number of hydrogen-bond acceptors (Lipinski definition) is 6. The van der Waals surface area contributed by atoms with E-state index in [0.717, 1.165) is 18.0 Å². The number of anilines is 3. The molecule has 46 heavy (non-hydrogen) atoms. The first kappa shape index (κ1) is 34.4. The Morgan fingerprint density at radius 1 is 0.804 bits per heavy atom. The maximum Gasteiger partial charge on any atom is 0.416 e. The molecule has 0 aliphatic carbocycles. The fourth-order valence-corrected chi connectivity index (χ4v) is 5.13. The second-order valence-electron chi connectivity index (χ2n) is 11.0. The summed E-state index contributed by atoms with van der Waals surface area (Å²) in [6, 6.07) is 12.7. The molecular formula is C32H35F6N5O3. The number of para-hydroxylation sites is 2. The van der Waals surface area contributed by atoms with Crippen LogP contribution in [0.5, 0.6) is 5.75 Å². The highest BCUT2D eigenvalue weighted by Crippen LogP contribution is 2.37. The van der Waals surface area contributed by atoms with Crippen molar-refractivity contribution in [1.29, 1.82) is 0 Å². The largest absolute Gasteiger partial charge is 0.495 e. The maximum absolute atomic E-state index is 13.4. The lowest BCUT2D eigenvalue weighted by atomic mass is 10.0. The molecule has 8 nitrogen and oxygen atoms in total. The van der Waals surface area contributed by atoms with Gasteiger partial charge in [0.05, 0.1) is 29.5 Å². The van der Waals surface area contributed by atoms with Crippen molar-refractivity contribution in [2.24, 2.45) is 0 Å². The van der Waals surface area contributed by atoms with Crippen molar-refractivity contribution < 1.29 is 40.7 Å². The highest BCUT2D eigenvalue weighted by atomic mass is 19.4. The summed E-state index contributed by atoms with van der Waals surface area (Å²) < 4.78 is 85.6. The third-order valence-electron chi connectivity index (χ3n) is 7.46. The van der Waals surface area contributed by atoms with Crippen LogP contribution in [0.25, 0.3) is 0 Å². The predicted molar refractivity (Wildman–Crippen MR) is 164 cm³/mol. The molecule has 2 amide bonds. The van der Waals surface area contributed by atoms with Crippen LogP contribution in [-0.4, -0.2) is 77.2 Å². The normalized spacial score (nSPS) is 14.0. The molecule has 2 N–H and O–H groups in total. The van der Waals surface area contributed by atoms with Gasteiger partial charge in [0.15, 0.2) is 0 Å². The van der Waals surface area contributed by atoms with Gasteiger partial charge in [0.2, 0.25) is 0 Å². The van der Waals surface area contributed by atoms with Gasteiger partial charge in [-0.3, -0.25) is 9.59 Å². The van der Waals surface area contributed by atoms with E-state index in [4.69, 9.17) is 4.74 Å². The number of rotatable bonds is 10. The third-order valence-corrected chi connectivity index (χ3v) is 7.46. The molecule has 1 fully saturated rings. The lowest BCUT2D eigenvalue weighted by molar-refractivity contribution is -0.143. The van der Waals surface area contributed by atoms with E-state index in [1.165, 1.54) is 12.1 Å². The number of benzene rings is 3. The van der Waals surface area contributed by atoms with E-state index >= 15 is 0 Å². The lowest BCUT2D eigenvalue weighted by Gasteiger charge is -2.38. The third kappa shape index (κ3) is 8.62. The Balaban J connectivity index is 1.59. The molecule has 0 spiro atoms. The van der Waals surface area contributed by atoms with E-state index in [1.54, 1.807) is 13.2 Å². The van der Waals surface area contributed by atoms with Crippen molar-refractivity contribution in [2.75, 3.05) is 75.6 Å². The van der Waals surface area contributed by atoms with Crippen LogP contribution in [0.3, 0.4) is 0 Å². The number of carbonyl (C=O) groups excluding carboxylic acids is 2. The van der Waals surface area contributed by atoms with Gasteiger partial charge >= 0.3 is 12.4 Å². The fraction of sp³-hybridized carbons (Fsp3) is 0.375. The molecule has 0 radical (unpaired) electrons. The SMILES string of the molecule is COc1ccccc1N1CCN(c2ccc(NC(=O)c3cc(C(F)(F)F)cc(C(F)(F)F)c3)cc2C(=O)NCCCN(C)C)CC1. The predicted octanol–water partition coefficient (Wildman–Crippen LogP) is 5.99. The maximum atomic E-state index is 13.4. The first-order valence-electron chi connectivity index (χ1n) is 14.5. The van der Waals surface area contributed by atoms with Gasteiger partial charge in [0.25, 0.3) is 11.8 Å². The number of amides is 2.